The fraction of sp³-hybridized carbons (Fsp3) is 0.300. The second-order valence-corrected chi connectivity index (χ2v) is 4.88. The maximum Gasteiger partial charge on any atom is 0.327 e. The first kappa shape index (κ1) is 12.2. The Morgan fingerprint density at radius 1 is 1.59 bits per heavy atom. The summed E-state index contributed by atoms with van der Waals surface area (Å²) < 4.78 is 0. The average Bonchev–Trinajstić information content (AvgIpc) is 2.77. The summed E-state index contributed by atoms with van der Waals surface area (Å²) in [6, 6.07) is 2.20. The van der Waals surface area contributed by atoms with Crippen LogP contribution in [0, 0.1) is 0 Å². The third-order valence-corrected chi connectivity index (χ3v) is 3.62. The number of carboxylic acid groups (broad SMARTS) is 1. The first-order chi connectivity index (χ1) is 8.09. The molecule has 1 saturated heterocycles. The van der Waals surface area contributed by atoms with Gasteiger partial charge in [0.15, 0.2) is 0 Å². The Balaban J connectivity index is 2.23. The Labute approximate surface area is 107 Å². The van der Waals surface area contributed by atoms with Crippen LogP contribution < -0.4 is 0 Å². The molecule has 1 aliphatic heterocycles. The van der Waals surface area contributed by atoms with E-state index in [9.17, 15) is 9.59 Å². The lowest BCUT2D eigenvalue weighted by atomic mass is 10.2. The van der Waals surface area contributed by atoms with Crippen molar-refractivity contribution in [2.45, 2.75) is 6.04 Å². The quantitative estimate of drug-likeness (QED) is 0.823. The van der Waals surface area contributed by atoms with Crippen LogP contribution in [0.15, 0.2) is 18.3 Å². The SMILES string of the molecule is O=C(O)[C@@H]1CSCN1C(=O)c1ccnc(Cl)c1. The number of aromatic nitrogens is 1. The van der Waals surface area contributed by atoms with Crippen molar-refractivity contribution in [3.05, 3.63) is 29.0 Å². The van der Waals surface area contributed by atoms with Crippen LogP contribution in [0.3, 0.4) is 0 Å². The van der Waals surface area contributed by atoms with Crippen molar-refractivity contribution in [1.29, 1.82) is 0 Å². The largest absolute Gasteiger partial charge is 0.480 e. The maximum absolute atomic E-state index is 12.1. The highest BCUT2D eigenvalue weighted by atomic mass is 35.5. The molecule has 0 bridgehead atoms. The van der Waals surface area contributed by atoms with Gasteiger partial charge in [-0.2, -0.15) is 0 Å². The number of carbonyl (C=O) groups is 2. The lowest BCUT2D eigenvalue weighted by molar-refractivity contribution is -0.140. The van der Waals surface area contributed by atoms with Crippen molar-refractivity contribution in [3.63, 3.8) is 0 Å². The van der Waals surface area contributed by atoms with Crippen LogP contribution in [-0.2, 0) is 4.79 Å². The van der Waals surface area contributed by atoms with E-state index in [2.05, 4.69) is 4.98 Å². The molecule has 1 aromatic heterocycles. The standard InChI is InChI=1S/C10H9ClN2O3S/c11-8-3-6(1-2-12-8)9(14)13-5-17-4-7(13)10(15)16/h1-3,7H,4-5H2,(H,15,16)/t7-/m0/s1. The number of carbonyl (C=O) groups excluding carboxylic acids is 1. The van der Waals surface area contributed by atoms with Gasteiger partial charge in [-0.1, -0.05) is 11.6 Å². The van der Waals surface area contributed by atoms with Crippen molar-refractivity contribution in [2.75, 3.05) is 11.6 Å². The molecule has 2 heterocycles. The van der Waals surface area contributed by atoms with Crippen LogP contribution in [0.5, 0.6) is 0 Å². The van der Waals surface area contributed by atoms with Gasteiger partial charge < -0.3 is 10.0 Å². The molecule has 90 valence electrons. The Kier molecular flexibility index (Phi) is 3.54. The van der Waals surface area contributed by atoms with E-state index in [1.54, 1.807) is 0 Å². The molecular weight excluding hydrogens is 264 g/mol. The Bertz CT molecular complexity index is 469. The fourth-order valence-electron chi connectivity index (χ4n) is 1.55. The molecule has 1 fully saturated rings. The van der Waals surface area contributed by atoms with Crippen molar-refractivity contribution < 1.29 is 14.7 Å². The zero-order valence-corrected chi connectivity index (χ0v) is 10.2. The van der Waals surface area contributed by atoms with Crippen LogP contribution in [0.1, 0.15) is 10.4 Å². The van der Waals surface area contributed by atoms with E-state index < -0.39 is 12.0 Å². The van der Waals surface area contributed by atoms with Gasteiger partial charge >= 0.3 is 5.97 Å². The molecule has 1 atom stereocenters. The zero-order chi connectivity index (χ0) is 12.4. The Hall–Kier alpha value is -1.27. The molecule has 1 aliphatic rings. The number of hydrogen-bond donors (Lipinski definition) is 1. The van der Waals surface area contributed by atoms with E-state index in [4.69, 9.17) is 16.7 Å². The number of nitrogens with zero attached hydrogens (tertiary/aromatic N) is 2. The van der Waals surface area contributed by atoms with Crippen molar-refractivity contribution >= 4 is 35.2 Å². The van der Waals surface area contributed by atoms with E-state index in [1.165, 1.54) is 35.0 Å². The number of rotatable bonds is 2. The van der Waals surface area contributed by atoms with Crippen molar-refractivity contribution in [1.82, 2.24) is 9.88 Å². The van der Waals surface area contributed by atoms with Gasteiger partial charge in [-0.15, -0.1) is 11.8 Å². The van der Waals surface area contributed by atoms with Crippen LogP contribution in [0.25, 0.3) is 0 Å². The molecule has 1 N–H and O–H groups in total. The van der Waals surface area contributed by atoms with Gasteiger partial charge in [0, 0.05) is 17.5 Å². The molecule has 1 amide bonds. The second kappa shape index (κ2) is 4.93. The summed E-state index contributed by atoms with van der Waals surface area (Å²) in [4.78, 5) is 28.2. The first-order valence-corrected chi connectivity index (χ1v) is 6.36. The van der Waals surface area contributed by atoms with Crippen molar-refractivity contribution in [2.24, 2.45) is 0 Å². The predicted molar refractivity (Wildman–Crippen MR) is 64.2 cm³/mol. The molecule has 5 nitrogen and oxygen atoms in total. The summed E-state index contributed by atoms with van der Waals surface area (Å²) in [6.07, 6.45) is 1.43. The summed E-state index contributed by atoms with van der Waals surface area (Å²) in [5.74, 6) is -0.509. The third kappa shape index (κ3) is 2.53. The molecule has 7 heteroatoms. The topological polar surface area (TPSA) is 70.5 Å². The first-order valence-electron chi connectivity index (χ1n) is 4.82. The maximum atomic E-state index is 12.1. The lowest BCUT2D eigenvalue weighted by Crippen LogP contribution is -2.41. The molecule has 0 radical (unpaired) electrons. The highest BCUT2D eigenvalue weighted by Gasteiger charge is 2.34. The van der Waals surface area contributed by atoms with E-state index in [-0.39, 0.29) is 11.1 Å². The van der Waals surface area contributed by atoms with Crippen LogP contribution in [0.2, 0.25) is 5.15 Å². The number of thioether (sulfide) groups is 1. The van der Waals surface area contributed by atoms with Crippen molar-refractivity contribution in [3.8, 4) is 0 Å². The number of hydrogen-bond acceptors (Lipinski definition) is 4. The van der Waals surface area contributed by atoms with Gasteiger partial charge in [-0.05, 0) is 12.1 Å². The zero-order valence-electron chi connectivity index (χ0n) is 8.67. The third-order valence-electron chi connectivity index (χ3n) is 2.40. The van der Waals surface area contributed by atoms with Gasteiger partial charge in [0.1, 0.15) is 11.2 Å². The fourth-order valence-corrected chi connectivity index (χ4v) is 2.87. The second-order valence-electron chi connectivity index (χ2n) is 3.50. The molecule has 0 aromatic carbocycles. The smallest absolute Gasteiger partial charge is 0.327 e. The number of pyridine rings is 1. The average molecular weight is 273 g/mol. The Morgan fingerprint density at radius 3 is 3.00 bits per heavy atom. The number of aliphatic carboxylic acids is 1. The molecule has 1 aromatic rings. The molecule has 0 spiro atoms. The van der Waals surface area contributed by atoms with E-state index in [0.29, 0.717) is 17.2 Å². The molecule has 17 heavy (non-hydrogen) atoms. The van der Waals surface area contributed by atoms with Crippen LogP contribution in [0.4, 0.5) is 0 Å². The molecule has 0 aliphatic carbocycles. The van der Waals surface area contributed by atoms with Gasteiger partial charge in [-0.25, -0.2) is 9.78 Å². The van der Waals surface area contributed by atoms with E-state index in [1.807, 2.05) is 0 Å². The van der Waals surface area contributed by atoms with E-state index >= 15 is 0 Å². The molecule has 2 rings (SSSR count). The van der Waals surface area contributed by atoms with Gasteiger partial charge in [-0.3, -0.25) is 4.79 Å². The predicted octanol–water partition coefficient (Wildman–Crippen LogP) is 1.33. The van der Waals surface area contributed by atoms with Gasteiger partial charge in [0.2, 0.25) is 0 Å². The molecule has 0 unspecified atom stereocenters. The highest BCUT2D eigenvalue weighted by molar-refractivity contribution is 7.99. The van der Waals surface area contributed by atoms with E-state index in [0.717, 1.165) is 0 Å². The van der Waals surface area contributed by atoms with Crippen LogP contribution in [-0.4, -0.2) is 44.5 Å². The minimum Gasteiger partial charge on any atom is -0.480 e. The van der Waals surface area contributed by atoms with Crippen LogP contribution >= 0.6 is 23.4 Å². The molecular formula is C10H9ClN2O3S. The van der Waals surface area contributed by atoms with Gasteiger partial charge in [0.05, 0.1) is 5.88 Å². The monoisotopic (exact) mass is 272 g/mol. The summed E-state index contributed by atoms with van der Waals surface area (Å²) in [5.41, 5.74) is 0.360. The highest BCUT2D eigenvalue weighted by Crippen LogP contribution is 2.23. The lowest BCUT2D eigenvalue weighted by Gasteiger charge is -2.20. The van der Waals surface area contributed by atoms with Gasteiger partial charge in [0.25, 0.3) is 5.91 Å². The minimum atomic E-state index is -0.983. The number of carboxylic acids is 1. The number of amides is 1. The normalized spacial score (nSPS) is 19.4. The summed E-state index contributed by atoms with van der Waals surface area (Å²) >= 11 is 7.11. The summed E-state index contributed by atoms with van der Waals surface area (Å²) in [6.45, 7) is 0. The molecule has 0 saturated carbocycles. The summed E-state index contributed by atoms with van der Waals surface area (Å²) in [5, 5.41) is 9.21. The minimum absolute atomic E-state index is 0.217. The summed E-state index contributed by atoms with van der Waals surface area (Å²) in [7, 11) is 0. The Morgan fingerprint density at radius 2 is 2.35 bits per heavy atom. The number of halogens is 1.